The summed E-state index contributed by atoms with van der Waals surface area (Å²) in [6, 6.07) is 0. The summed E-state index contributed by atoms with van der Waals surface area (Å²) < 4.78 is 0. The van der Waals surface area contributed by atoms with E-state index in [1.54, 1.807) is 0 Å². The van der Waals surface area contributed by atoms with Crippen LogP contribution in [0.5, 0.6) is 0 Å². The summed E-state index contributed by atoms with van der Waals surface area (Å²) in [4.78, 5) is 44.9. The first-order chi connectivity index (χ1) is 6.50. The Bertz CT molecular complexity index is 310. The van der Waals surface area contributed by atoms with Gasteiger partial charge in [-0.15, -0.1) is 0 Å². The minimum Gasteiger partial charge on any atom is -0.347 e. The van der Waals surface area contributed by atoms with Crippen LogP contribution in [0, 0.1) is 0 Å². The van der Waals surface area contributed by atoms with Gasteiger partial charge in [-0.3, -0.25) is 24.1 Å². The summed E-state index contributed by atoms with van der Waals surface area (Å²) >= 11 is 0. The molecule has 1 heterocycles. The number of carbonyl (C=O) groups is 4. The van der Waals surface area contributed by atoms with Crippen molar-refractivity contribution in [2.24, 2.45) is 0 Å². The molecule has 14 heavy (non-hydrogen) atoms. The number of imide groups is 1. The molecule has 1 fully saturated rings. The highest BCUT2D eigenvalue weighted by Crippen LogP contribution is 2.00. The fourth-order valence-electron chi connectivity index (χ4n) is 1.10. The van der Waals surface area contributed by atoms with E-state index >= 15 is 0 Å². The lowest BCUT2D eigenvalue weighted by Crippen LogP contribution is -2.41. The van der Waals surface area contributed by atoms with Crippen molar-refractivity contribution in [3.8, 4) is 0 Å². The van der Waals surface area contributed by atoms with E-state index in [-0.39, 0.29) is 25.3 Å². The van der Waals surface area contributed by atoms with Crippen LogP contribution in [0.1, 0.15) is 13.3 Å². The average Bonchev–Trinajstić information content (AvgIpc) is 2.18. The average molecular weight is 198 g/mol. The zero-order valence-corrected chi connectivity index (χ0v) is 7.70. The number of Topliss-reactive ketones (excluding diaryl/α,β-unsaturated/α-hetero) is 1. The quantitative estimate of drug-likeness (QED) is 0.430. The van der Waals surface area contributed by atoms with Crippen LogP contribution in [0.15, 0.2) is 0 Å². The Balaban J connectivity index is 2.79. The molecule has 76 valence electrons. The van der Waals surface area contributed by atoms with Crippen molar-refractivity contribution in [2.75, 3.05) is 13.1 Å². The number of amides is 3. The molecule has 1 saturated heterocycles. The second-order valence-corrected chi connectivity index (χ2v) is 3.03. The molecule has 0 spiro atoms. The van der Waals surface area contributed by atoms with Crippen molar-refractivity contribution in [3.63, 3.8) is 0 Å². The molecule has 1 aliphatic rings. The van der Waals surface area contributed by atoms with Crippen LogP contribution in [0.4, 0.5) is 0 Å². The second kappa shape index (κ2) is 3.99. The molecule has 0 atom stereocenters. The van der Waals surface area contributed by atoms with E-state index in [0.717, 1.165) is 4.90 Å². The molecule has 1 N–H and O–H groups in total. The topological polar surface area (TPSA) is 83.6 Å². The Kier molecular flexibility index (Phi) is 2.95. The van der Waals surface area contributed by atoms with Crippen molar-refractivity contribution < 1.29 is 19.2 Å². The summed E-state index contributed by atoms with van der Waals surface area (Å²) in [6.45, 7) is 0.797. The highest BCUT2D eigenvalue weighted by atomic mass is 16.2. The molecule has 0 aromatic carbocycles. The fourth-order valence-corrected chi connectivity index (χ4v) is 1.10. The molecule has 0 aromatic rings. The molecule has 3 amide bonds. The van der Waals surface area contributed by atoms with Gasteiger partial charge in [0.25, 0.3) is 0 Å². The number of rotatable bonds is 2. The maximum absolute atomic E-state index is 11.3. The van der Waals surface area contributed by atoms with Crippen LogP contribution in [0.2, 0.25) is 0 Å². The van der Waals surface area contributed by atoms with Gasteiger partial charge in [0.2, 0.25) is 17.7 Å². The standard InChI is InChI=1S/C8H10N2O4/c1-5(11)4-10-7(13)2-6(12)9-3-8(10)14/h2-4H2,1H3,(H,9,12). The van der Waals surface area contributed by atoms with Crippen molar-refractivity contribution in [2.45, 2.75) is 13.3 Å². The Morgan fingerprint density at radius 3 is 2.57 bits per heavy atom. The van der Waals surface area contributed by atoms with E-state index in [1.807, 2.05) is 0 Å². The highest BCUT2D eigenvalue weighted by molar-refractivity contribution is 6.09. The van der Waals surface area contributed by atoms with Gasteiger partial charge in [-0.2, -0.15) is 0 Å². The molecule has 0 aromatic heterocycles. The SMILES string of the molecule is CC(=O)CN1C(=O)CNC(=O)CC1=O. The summed E-state index contributed by atoms with van der Waals surface area (Å²) in [5.41, 5.74) is 0. The van der Waals surface area contributed by atoms with E-state index in [2.05, 4.69) is 5.32 Å². The minimum atomic E-state index is -0.625. The third-order valence-electron chi connectivity index (χ3n) is 1.73. The first-order valence-corrected chi connectivity index (χ1v) is 4.10. The lowest BCUT2D eigenvalue weighted by Gasteiger charge is -2.15. The Morgan fingerprint density at radius 2 is 2.00 bits per heavy atom. The Labute approximate surface area is 80.2 Å². The van der Waals surface area contributed by atoms with Crippen molar-refractivity contribution in [1.82, 2.24) is 10.2 Å². The third kappa shape index (κ3) is 2.38. The van der Waals surface area contributed by atoms with Gasteiger partial charge in [0.1, 0.15) is 12.2 Å². The van der Waals surface area contributed by atoms with Crippen LogP contribution in [0.3, 0.4) is 0 Å². The van der Waals surface area contributed by atoms with Gasteiger partial charge in [-0.05, 0) is 6.92 Å². The van der Waals surface area contributed by atoms with E-state index in [1.165, 1.54) is 6.92 Å². The smallest absolute Gasteiger partial charge is 0.248 e. The summed E-state index contributed by atoms with van der Waals surface area (Å²) in [5.74, 6) is -1.95. The Morgan fingerprint density at radius 1 is 1.36 bits per heavy atom. The normalized spacial score (nSPS) is 17.8. The fraction of sp³-hybridized carbons (Fsp3) is 0.500. The van der Waals surface area contributed by atoms with Gasteiger partial charge in [0.15, 0.2) is 0 Å². The number of hydrogen-bond donors (Lipinski definition) is 1. The van der Waals surface area contributed by atoms with Gasteiger partial charge in [-0.1, -0.05) is 0 Å². The van der Waals surface area contributed by atoms with Crippen LogP contribution >= 0.6 is 0 Å². The van der Waals surface area contributed by atoms with E-state index < -0.39 is 17.7 Å². The van der Waals surface area contributed by atoms with E-state index in [0.29, 0.717) is 0 Å². The molecule has 0 unspecified atom stereocenters. The van der Waals surface area contributed by atoms with Crippen molar-refractivity contribution in [3.05, 3.63) is 0 Å². The van der Waals surface area contributed by atoms with Crippen molar-refractivity contribution >= 4 is 23.5 Å². The van der Waals surface area contributed by atoms with Gasteiger partial charge >= 0.3 is 0 Å². The molecule has 0 saturated carbocycles. The van der Waals surface area contributed by atoms with Gasteiger partial charge in [0.05, 0.1) is 13.1 Å². The monoisotopic (exact) mass is 198 g/mol. The van der Waals surface area contributed by atoms with E-state index in [4.69, 9.17) is 0 Å². The van der Waals surface area contributed by atoms with Crippen LogP contribution < -0.4 is 5.32 Å². The number of nitrogens with one attached hydrogen (secondary N) is 1. The molecule has 0 radical (unpaired) electrons. The molecule has 0 bridgehead atoms. The number of nitrogens with zero attached hydrogens (tertiary/aromatic N) is 1. The third-order valence-corrected chi connectivity index (χ3v) is 1.73. The molecule has 6 nitrogen and oxygen atoms in total. The van der Waals surface area contributed by atoms with Crippen LogP contribution in [0.25, 0.3) is 0 Å². The lowest BCUT2D eigenvalue weighted by molar-refractivity contribution is -0.145. The summed E-state index contributed by atoms with van der Waals surface area (Å²) in [5, 5.41) is 2.27. The first kappa shape index (κ1) is 10.4. The lowest BCUT2D eigenvalue weighted by atomic mass is 10.3. The second-order valence-electron chi connectivity index (χ2n) is 3.03. The summed E-state index contributed by atoms with van der Waals surface area (Å²) in [6.07, 6.45) is -0.376. The molecule has 1 rings (SSSR count). The first-order valence-electron chi connectivity index (χ1n) is 4.10. The minimum absolute atomic E-state index is 0.224. The molecule has 1 aliphatic heterocycles. The molecule has 6 heteroatoms. The van der Waals surface area contributed by atoms with Gasteiger partial charge in [0, 0.05) is 0 Å². The summed E-state index contributed by atoms with van der Waals surface area (Å²) in [7, 11) is 0. The van der Waals surface area contributed by atoms with Gasteiger partial charge < -0.3 is 5.32 Å². The number of hydrogen-bond acceptors (Lipinski definition) is 4. The predicted octanol–water partition coefficient (Wildman–Crippen LogP) is -1.55. The maximum Gasteiger partial charge on any atom is 0.248 e. The number of ketones is 1. The van der Waals surface area contributed by atoms with Gasteiger partial charge in [-0.25, -0.2) is 0 Å². The zero-order chi connectivity index (χ0) is 10.7. The predicted molar refractivity (Wildman–Crippen MR) is 45.0 cm³/mol. The Hall–Kier alpha value is -1.72. The number of carbonyl (C=O) groups excluding carboxylic acids is 4. The largest absolute Gasteiger partial charge is 0.347 e. The maximum atomic E-state index is 11.3. The van der Waals surface area contributed by atoms with Crippen molar-refractivity contribution in [1.29, 1.82) is 0 Å². The van der Waals surface area contributed by atoms with E-state index in [9.17, 15) is 19.2 Å². The van der Waals surface area contributed by atoms with Crippen LogP contribution in [-0.4, -0.2) is 41.5 Å². The zero-order valence-electron chi connectivity index (χ0n) is 7.70. The van der Waals surface area contributed by atoms with Crippen LogP contribution in [-0.2, 0) is 19.2 Å². The highest BCUT2D eigenvalue weighted by Gasteiger charge is 2.28. The molecule has 0 aliphatic carbocycles. The molecular weight excluding hydrogens is 188 g/mol. The molecular formula is C8H10N2O4.